The molecule has 2 atom stereocenters. The van der Waals surface area contributed by atoms with Crippen LogP contribution in [0.5, 0.6) is 0 Å². The van der Waals surface area contributed by atoms with E-state index in [-0.39, 0.29) is 18.1 Å². The third kappa shape index (κ3) is 4.19. The molecule has 124 valence electrons. The summed E-state index contributed by atoms with van der Waals surface area (Å²) in [5.74, 6) is 0.305. The van der Waals surface area contributed by atoms with Gasteiger partial charge in [-0.2, -0.15) is 5.26 Å². The quantitative estimate of drug-likeness (QED) is 0.824. The van der Waals surface area contributed by atoms with Gasteiger partial charge in [0, 0.05) is 12.5 Å². The predicted octanol–water partition coefficient (Wildman–Crippen LogP) is 1.13. The summed E-state index contributed by atoms with van der Waals surface area (Å²) in [5, 5.41) is 12.2. The lowest BCUT2D eigenvalue weighted by molar-refractivity contribution is -0.127. The van der Waals surface area contributed by atoms with Gasteiger partial charge in [-0.3, -0.25) is 9.69 Å². The number of likely N-dealkylation sites (tertiary alicyclic amines) is 1. The number of hydrogen-bond donors (Lipinski definition) is 1. The van der Waals surface area contributed by atoms with E-state index in [1.807, 2.05) is 13.8 Å². The largest absolute Gasteiger partial charge is 0.350 e. The minimum absolute atomic E-state index is 0.0656. The number of amides is 1. The highest BCUT2D eigenvalue weighted by Crippen LogP contribution is 2.24. The second-order valence-electron chi connectivity index (χ2n) is 6.76. The third-order valence-corrected chi connectivity index (χ3v) is 4.73. The molecule has 6 heteroatoms. The van der Waals surface area contributed by atoms with E-state index in [0.29, 0.717) is 25.7 Å². The zero-order chi connectivity index (χ0) is 16.2. The summed E-state index contributed by atoms with van der Waals surface area (Å²) in [6.07, 6.45) is 2.00. The van der Waals surface area contributed by atoms with Gasteiger partial charge in [-0.1, -0.05) is 13.8 Å². The van der Waals surface area contributed by atoms with E-state index in [2.05, 4.69) is 16.3 Å². The number of hydrogen-bond acceptors (Lipinski definition) is 5. The number of carbonyl (C=O) groups excluding carboxylic acids is 1. The lowest BCUT2D eigenvalue weighted by atomic mass is 9.90. The fraction of sp³-hybridized carbons (Fsp3) is 0.875. The van der Waals surface area contributed by atoms with Crippen LogP contribution in [0, 0.1) is 23.2 Å². The molecule has 2 fully saturated rings. The first-order chi connectivity index (χ1) is 10.4. The maximum atomic E-state index is 12.3. The van der Waals surface area contributed by atoms with Crippen LogP contribution < -0.4 is 5.32 Å². The van der Waals surface area contributed by atoms with Gasteiger partial charge >= 0.3 is 0 Å². The minimum atomic E-state index is -0.816. The van der Waals surface area contributed by atoms with E-state index in [4.69, 9.17) is 9.47 Å². The lowest BCUT2D eigenvalue weighted by Crippen LogP contribution is -2.53. The van der Waals surface area contributed by atoms with Gasteiger partial charge in [-0.25, -0.2) is 0 Å². The second-order valence-corrected chi connectivity index (χ2v) is 6.76. The summed E-state index contributed by atoms with van der Waals surface area (Å²) < 4.78 is 11.2. The molecule has 2 heterocycles. The standard InChI is InChI=1S/C16H27N3O3/c1-12(2)16(3,11-17)18-14(20)10-19-6-4-5-13(9-19)15-21-7-8-22-15/h12-13,15H,4-10H2,1-3H3,(H,18,20)/t13-,16+/m0/s1. The Morgan fingerprint density at radius 2 is 2.14 bits per heavy atom. The maximum Gasteiger partial charge on any atom is 0.235 e. The highest BCUT2D eigenvalue weighted by Gasteiger charge is 2.33. The molecule has 0 saturated carbocycles. The van der Waals surface area contributed by atoms with Gasteiger partial charge in [-0.05, 0) is 32.2 Å². The van der Waals surface area contributed by atoms with Crippen molar-refractivity contribution in [2.75, 3.05) is 32.8 Å². The highest BCUT2D eigenvalue weighted by atomic mass is 16.7. The molecule has 22 heavy (non-hydrogen) atoms. The van der Waals surface area contributed by atoms with E-state index < -0.39 is 5.54 Å². The Kier molecular flexibility index (Phi) is 5.79. The molecule has 0 aromatic heterocycles. The van der Waals surface area contributed by atoms with Gasteiger partial charge in [0.2, 0.25) is 5.91 Å². The van der Waals surface area contributed by atoms with Crippen LogP contribution in [0.1, 0.15) is 33.6 Å². The second kappa shape index (κ2) is 7.40. The third-order valence-electron chi connectivity index (χ3n) is 4.73. The lowest BCUT2D eigenvalue weighted by Gasteiger charge is -2.35. The van der Waals surface area contributed by atoms with E-state index in [9.17, 15) is 10.1 Å². The molecule has 0 aliphatic carbocycles. The van der Waals surface area contributed by atoms with Crippen molar-refractivity contribution in [3.8, 4) is 6.07 Å². The minimum Gasteiger partial charge on any atom is -0.350 e. The van der Waals surface area contributed by atoms with Gasteiger partial charge in [-0.15, -0.1) is 0 Å². The summed E-state index contributed by atoms with van der Waals surface area (Å²) in [7, 11) is 0. The Bertz CT molecular complexity index is 429. The smallest absolute Gasteiger partial charge is 0.235 e. The average Bonchev–Trinajstić information content (AvgIpc) is 3.01. The van der Waals surface area contributed by atoms with Crippen LogP contribution in [0.15, 0.2) is 0 Å². The summed E-state index contributed by atoms with van der Waals surface area (Å²) >= 11 is 0. The van der Waals surface area contributed by atoms with Crippen molar-refractivity contribution in [2.24, 2.45) is 11.8 Å². The summed E-state index contributed by atoms with van der Waals surface area (Å²) in [6.45, 7) is 9.02. The Hall–Kier alpha value is -1.16. The van der Waals surface area contributed by atoms with Gasteiger partial charge < -0.3 is 14.8 Å². The maximum absolute atomic E-state index is 12.3. The van der Waals surface area contributed by atoms with Crippen molar-refractivity contribution >= 4 is 5.91 Å². The van der Waals surface area contributed by atoms with E-state index >= 15 is 0 Å². The van der Waals surface area contributed by atoms with Crippen LogP contribution in [0.25, 0.3) is 0 Å². The Balaban J connectivity index is 1.84. The van der Waals surface area contributed by atoms with Crippen LogP contribution in [0.4, 0.5) is 0 Å². The Morgan fingerprint density at radius 1 is 1.45 bits per heavy atom. The van der Waals surface area contributed by atoms with Crippen molar-refractivity contribution in [3.05, 3.63) is 0 Å². The van der Waals surface area contributed by atoms with E-state index in [1.165, 1.54) is 0 Å². The first-order valence-corrected chi connectivity index (χ1v) is 8.12. The molecule has 2 saturated heterocycles. The monoisotopic (exact) mass is 309 g/mol. The fourth-order valence-electron chi connectivity index (χ4n) is 2.94. The summed E-state index contributed by atoms with van der Waals surface area (Å²) in [6, 6.07) is 2.21. The van der Waals surface area contributed by atoms with Crippen molar-refractivity contribution < 1.29 is 14.3 Å². The average molecular weight is 309 g/mol. The Labute approximate surface area is 132 Å². The molecule has 0 unspecified atom stereocenters. The molecule has 0 spiro atoms. The topological polar surface area (TPSA) is 74.6 Å². The van der Waals surface area contributed by atoms with Gasteiger partial charge in [0.05, 0.1) is 25.8 Å². The number of rotatable bonds is 5. The molecule has 0 aromatic carbocycles. The molecule has 2 aliphatic rings. The predicted molar refractivity (Wildman–Crippen MR) is 81.9 cm³/mol. The van der Waals surface area contributed by atoms with E-state index in [0.717, 1.165) is 25.9 Å². The molecule has 2 rings (SSSR count). The van der Waals surface area contributed by atoms with Crippen LogP contribution in [-0.2, 0) is 14.3 Å². The molecular formula is C16H27N3O3. The number of carbonyl (C=O) groups is 1. The number of nitrogens with zero attached hydrogens (tertiary/aromatic N) is 2. The SMILES string of the molecule is CC(C)[C@@](C)(C#N)NC(=O)CN1CCC[C@H](C2OCCO2)C1. The molecule has 1 amide bonds. The van der Waals surface area contributed by atoms with Crippen molar-refractivity contribution in [1.29, 1.82) is 5.26 Å². The molecular weight excluding hydrogens is 282 g/mol. The Morgan fingerprint density at radius 3 is 2.73 bits per heavy atom. The highest BCUT2D eigenvalue weighted by molar-refractivity contribution is 5.79. The van der Waals surface area contributed by atoms with Crippen LogP contribution in [0.3, 0.4) is 0 Å². The molecule has 0 aromatic rings. The van der Waals surface area contributed by atoms with Crippen molar-refractivity contribution in [3.63, 3.8) is 0 Å². The van der Waals surface area contributed by atoms with Gasteiger partial charge in [0.1, 0.15) is 5.54 Å². The number of ether oxygens (including phenoxy) is 2. The normalized spacial score (nSPS) is 26.6. The molecule has 0 bridgehead atoms. The molecule has 6 nitrogen and oxygen atoms in total. The van der Waals surface area contributed by atoms with Crippen molar-refractivity contribution in [2.45, 2.75) is 45.4 Å². The van der Waals surface area contributed by atoms with Crippen molar-refractivity contribution in [1.82, 2.24) is 10.2 Å². The molecule has 2 aliphatic heterocycles. The number of nitriles is 1. The first-order valence-electron chi connectivity index (χ1n) is 8.12. The summed E-state index contributed by atoms with van der Waals surface area (Å²) in [5.41, 5.74) is -0.816. The molecule has 0 radical (unpaired) electrons. The zero-order valence-corrected chi connectivity index (χ0v) is 13.8. The number of nitrogens with one attached hydrogen (secondary N) is 1. The number of piperidine rings is 1. The summed E-state index contributed by atoms with van der Waals surface area (Å²) in [4.78, 5) is 14.4. The van der Waals surface area contributed by atoms with Gasteiger partial charge in [0.15, 0.2) is 6.29 Å². The fourth-order valence-corrected chi connectivity index (χ4v) is 2.94. The zero-order valence-electron chi connectivity index (χ0n) is 13.8. The first kappa shape index (κ1) is 17.2. The van der Waals surface area contributed by atoms with Crippen LogP contribution in [0.2, 0.25) is 0 Å². The molecule has 1 N–H and O–H groups in total. The van der Waals surface area contributed by atoms with Crippen LogP contribution in [-0.4, -0.2) is 55.5 Å². The van der Waals surface area contributed by atoms with E-state index in [1.54, 1.807) is 6.92 Å². The van der Waals surface area contributed by atoms with Crippen LogP contribution >= 0.6 is 0 Å². The van der Waals surface area contributed by atoms with Gasteiger partial charge in [0.25, 0.3) is 0 Å².